The van der Waals surface area contributed by atoms with Crippen molar-refractivity contribution in [1.29, 1.82) is 0 Å². The van der Waals surface area contributed by atoms with Crippen LogP contribution in [0.2, 0.25) is 0 Å². The van der Waals surface area contributed by atoms with E-state index in [1.54, 1.807) is 0 Å². The van der Waals surface area contributed by atoms with Crippen LogP contribution in [0.1, 0.15) is 43.6 Å². The fourth-order valence-electron chi connectivity index (χ4n) is 2.95. The Morgan fingerprint density at radius 1 is 1.33 bits per heavy atom. The average Bonchev–Trinajstić information content (AvgIpc) is 2.89. The van der Waals surface area contributed by atoms with Gasteiger partial charge in [-0.1, -0.05) is 13.3 Å². The number of benzene rings is 1. The van der Waals surface area contributed by atoms with E-state index in [-0.39, 0.29) is 6.04 Å². The van der Waals surface area contributed by atoms with Gasteiger partial charge in [-0.05, 0) is 43.5 Å². The predicted molar refractivity (Wildman–Crippen MR) is 74.9 cm³/mol. The number of hydrogen-bond acceptors (Lipinski definition) is 2. The zero-order chi connectivity index (χ0) is 15.0. The number of piperidine rings is 1. The van der Waals surface area contributed by atoms with Crippen molar-refractivity contribution in [2.24, 2.45) is 5.92 Å². The molecular formula is C15H18F3N3. The molecule has 0 spiro atoms. The molecule has 1 saturated heterocycles. The molecular weight excluding hydrogens is 279 g/mol. The highest BCUT2D eigenvalue weighted by Gasteiger charge is 2.31. The minimum absolute atomic E-state index is 0.102. The van der Waals surface area contributed by atoms with Gasteiger partial charge in [0.2, 0.25) is 0 Å². The maximum Gasteiger partial charge on any atom is 0.416 e. The molecule has 6 heteroatoms. The lowest BCUT2D eigenvalue weighted by molar-refractivity contribution is -0.137. The van der Waals surface area contributed by atoms with Crippen LogP contribution in [0.15, 0.2) is 18.2 Å². The molecule has 0 aliphatic carbocycles. The first-order chi connectivity index (χ1) is 9.97. The summed E-state index contributed by atoms with van der Waals surface area (Å²) >= 11 is 0. The van der Waals surface area contributed by atoms with Gasteiger partial charge in [0.25, 0.3) is 0 Å². The second-order valence-corrected chi connectivity index (χ2v) is 5.66. The number of alkyl halides is 3. The highest BCUT2D eigenvalue weighted by molar-refractivity contribution is 5.76. The Hall–Kier alpha value is -1.56. The smallest absolute Gasteiger partial charge is 0.341 e. The van der Waals surface area contributed by atoms with Crippen molar-refractivity contribution in [3.05, 3.63) is 29.6 Å². The van der Waals surface area contributed by atoms with Crippen molar-refractivity contribution >= 4 is 11.0 Å². The van der Waals surface area contributed by atoms with Crippen molar-refractivity contribution in [1.82, 2.24) is 15.3 Å². The zero-order valence-corrected chi connectivity index (χ0v) is 11.8. The quantitative estimate of drug-likeness (QED) is 0.878. The van der Waals surface area contributed by atoms with Gasteiger partial charge in [-0.3, -0.25) is 0 Å². The number of aromatic amines is 1. The van der Waals surface area contributed by atoms with Crippen LogP contribution in [0.3, 0.4) is 0 Å². The van der Waals surface area contributed by atoms with Gasteiger partial charge in [0.05, 0.1) is 22.6 Å². The van der Waals surface area contributed by atoms with E-state index in [2.05, 4.69) is 22.2 Å². The van der Waals surface area contributed by atoms with E-state index in [0.29, 0.717) is 17.0 Å². The molecule has 21 heavy (non-hydrogen) atoms. The summed E-state index contributed by atoms with van der Waals surface area (Å²) in [6.07, 6.45) is -1.08. The molecule has 1 fully saturated rings. The molecule has 2 heterocycles. The first kappa shape index (κ1) is 14.4. The summed E-state index contributed by atoms with van der Waals surface area (Å²) in [5.41, 5.74) is 0.381. The SMILES string of the molecule is CCC1CCNC(c2nc3ccc(C(F)(F)F)cc3[nH]2)C1. The number of rotatable bonds is 2. The minimum Gasteiger partial charge on any atom is -0.341 e. The molecule has 114 valence electrons. The topological polar surface area (TPSA) is 40.7 Å². The van der Waals surface area contributed by atoms with Crippen molar-refractivity contribution < 1.29 is 13.2 Å². The maximum absolute atomic E-state index is 12.7. The maximum atomic E-state index is 12.7. The number of hydrogen-bond donors (Lipinski definition) is 2. The number of nitrogens with one attached hydrogen (secondary N) is 2. The highest BCUT2D eigenvalue weighted by atomic mass is 19.4. The van der Waals surface area contributed by atoms with Gasteiger partial charge in [0.1, 0.15) is 5.82 Å². The molecule has 1 aromatic heterocycles. The molecule has 3 rings (SSSR count). The van der Waals surface area contributed by atoms with Gasteiger partial charge in [-0.2, -0.15) is 13.2 Å². The molecule has 0 amide bonds. The summed E-state index contributed by atoms with van der Waals surface area (Å²) in [5, 5.41) is 3.39. The molecule has 0 bridgehead atoms. The molecule has 0 saturated carbocycles. The third-order valence-corrected chi connectivity index (χ3v) is 4.25. The Labute approximate surface area is 121 Å². The normalized spacial score (nSPS) is 23.6. The van der Waals surface area contributed by atoms with E-state index in [1.807, 2.05) is 0 Å². The van der Waals surface area contributed by atoms with Crippen LogP contribution >= 0.6 is 0 Å². The molecule has 0 radical (unpaired) electrons. The van der Waals surface area contributed by atoms with Crippen molar-refractivity contribution in [3.63, 3.8) is 0 Å². The molecule has 1 aliphatic heterocycles. The summed E-state index contributed by atoms with van der Waals surface area (Å²) in [4.78, 5) is 7.49. The lowest BCUT2D eigenvalue weighted by atomic mass is 9.90. The van der Waals surface area contributed by atoms with E-state index in [0.717, 1.165) is 43.8 Å². The molecule has 1 aromatic carbocycles. The van der Waals surface area contributed by atoms with Gasteiger partial charge in [-0.15, -0.1) is 0 Å². The predicted octanol–water partition coefficient (Wildman–Crippen LogP) is 4.03. The number of fused-ring (bicyclic) bond motifs is 1. The molecule has 1 aliphatic rings. The standard InChI is InChI=1S/C15H18F3N3/c1-2-9-5-6-19-13(7-9)14-20-11-4-3-10(15(16,17)18)8-12(11)21-14/h3-4,8-9,13,19H,2,5-7H2,1H3,(H,20,21). The van der Waals surface area contributed by atoms with Crippen LogP contribution in [0.5, 0.6) is 0 Å². The molecule has 2 aromatic rings. The number of H-pyrrole nitrogens is 1. The Kier molecular flexibility index (Phi) is 3.65. The van der Waals surface area contributed by atoms with E-state index in [1.165, 1.54) is 6.07 Å². The first-order valence-electron chi connectivity index (χ1n) is 7.27. The zero-order valence-electron chi connectivity index (χ0n) is 11.8. The summed E-state index contributed by atoms with van der Waals surface area (Å²) < 4.78 is 38.2. The third kappa shape index (κ3) is 2.90. The van der Waals surface area contributed by atoms with Crippen LogP contribution in [-0.4, -0.2) is 16.5 Å². The fourth-order valence-corrected chi connectivity index (χ4v) is 2.95. The van der Waals surface area contributed by atoms with Crippen molar-refractivity contribution in [2.45, 2.75) is 38.4 Å². The van der Waals surface area contributed by atoms with Crippen LogP contribution in [0.4, 0.5) is 13.2 Å². The number of imidazole rings is 1. The van der Waals surface area contributed by atoms with Crippen molar-refractivity contribution in [3.8, 4) is 0 Å². The second-order valence-electron chi connectivity index (χ2n) is 5.66. The van der Waals surface area contributed by atoms with E-state index < -0.39 is 11.7 Å². The largest absolute Gasteiger partial charge is 0.416 e. The van der Waals surface area contributed by atoms with E-state index in [9.17, 15) is 13.2 Å². The van der Waals surface area contributed by atoms with Crippen molar-refractivity contribution in [2.75, 3.05) is 6.54 Å². The van der Waals surface area contributed by atoms with Crippen LogP contribution < -0.4 is 5.32 Å². The van der Waals surface area contributed by atoms with E-state index >= 15 is 0 Å². The average molecular weight is 297 g/mol. The summed E-state index contributed by atoms with van der Waals surface area (Å²) in [6.45, 7) is 3.09. The lowest BCUT2D eigenvalue weighted by Gasteiger charge is -2.28. The molecule has 2 unspecified atom stereocenters. The molecule has 2 atom stereocenters. The van der Waals surface area contributed by atoms with Crippen LogP contribution in [-0.2, 0) is 6.18 Å². The van der Waals surface area contributed by atoms with Gasteiger partial charge < -0.3 is 10.3 Å². The van der Waals surface area contributed by atoms with Crippen LogP contribution in [0.25, 0.3) is 11.0 Å². The van der Waals surface area contributed by atoms with Gasteiger partial charge in [-0.25, -0.2) is 4.98 Å². The second kappa shape index (κ2) is 5.33. The monoisotopic (exact) mass is 297 g/mol. The van der Waals surface area contributed by atoms with Gasteiger partial charge in [0.15, 0.2) is 0 Å². The van der Waals surface area contributed by atoms with Crippen LogP contribution in [0, 0.1) is 5.92 Å². The Bertz CT molecular complexity index is 633. The Balaban J connectivity index is 1.90. The van der Waals surface area contributed by atoms with Gasteiger partial charge in [0, 0.05) is 0 Å². The first-order valence-corrected chi connectivity index (χ1v) is 7.27. The Morgan fingerprint density at radius 2 is 2.14 bits per heavy atom. The molecule has 2 N–H and O–H groups in total. The number of aromatic nitrogens is 2. The minimum atomic E-state index is -4.32. The van der Waals surface area contributed by atoms with Gasteiger partial charge >= 0.3 is 6.18 Å². The number of nitrogens with zero attached hydrogens (tertiary/aromatic N) is 1. The summed E-state index contributed by atoms with van der Waals surface area (Å²) in [5.74, 6) is 1.39. The Morgan fingerprint density at radius 3 is 2.86 bits per heavy atom. The summed E-state index contributed by atoms with van der Waals surface area (Å²) in [7, 11) is 0. The number of halogens is 3. The fraction of sp³-hybridized carbons (Fsp3) is 0.533. The lowest BCUT2D eigenvalue weighted by Crippen LogP contribution is -2.32. The third-order valence-electron chi connectivity index (χ3n) is 4.25. The summed E-state index contributed by atoms with van der Waals surface area (Å²) in [6, 6.07) is 3.74. The van der Waals surface area contributed by atoms with E-state index in [4.69, 9.17) is 0 Å². The highest BCUT2D eigenvalue weighted by Crippen LogP contribution is 2.32. The molecule has 3 nitrogen and oxygen atoms in total.